The normalized spacial score (nSPS) is 9.19. The fraction of sp³-hybridized carbons (Fsp3) is 0.0833. The molecule has 1 aromatic rings. The Balaban J connectivity index is 3.46. The minimum Gasteiger partial charge on any atom is -0.506 e. The Hall–Kier alpha value is -1.49. The lowest BCUT2D eigenvalue weighted by Gasteiger charge is -2.03. The van der Waals surface area contributed by atoms with Crippen LogP contribution in [-0.2, 0) is 0 Å². The molecule has 0 amide bonds. The SMILES string of the molecule is CN=Cc1cc(C#CS)cc(C#CS)c1O. The van der Waals surface area contributed by atoms with Crippen LogP contribution in [0, 0.1) is 22.3 Å². The van der Waals surface area contributed by atoms with Crippen molar-refractivity contribution in [3.8, 4) is 28.1 Å². The van der Waals surface area contributed by atoms with Gasteiger partial charge in [-0.15, -0.1) is 0 Å². The predicted octanol–water partition coefficient (Wildman–Crippen LogP) is 1.92. The quantitative estimate of drug-likeness (QED) is 0.395. The van der Waals surface area contributed by atoms with Crippen LogP contribution in [0.2, 0.25) is 0 Å². The van der Waals surface area contributed by atoms with Gasteiger partial charge in [0.05, 0.1) is 5.56 Å². The van der Waals surface area contributed by atoms with Gasteiger partial charge in [0.25, 0.3) is 0 Å². The van der Waals surface area contributed by atoms with E-state index in [9.17, 15) is 5.11 Å². The second-order valence-electron chi connectivity index (χ2n) is 2.82. The molecule has 16 heavy (non-hydrogen) atoms. The van der Waals surface area contributed by atoms with E-state index in [-0.39, 0.29) is 5.75 Å². The Morgan fingerprint density at radius 1 is 1.25 bits per heavy atom. The summed E-state index contributed by atoms with van der Waals surface area (Å²) in [6.07, 6.45) is 1.54. The molecule has 0 bridgehead atoms. The van der Waals surface area contributed by atoms with Gasteiger partial charge in [0, 0.05) is 24.4 Å². The fourth-order valence-electron chi connectivity index (χ4n) is 1.19. The Bertz CT molecular complexity index is 542. The molecule has 4 heteroatoms. The van der Waals surface area contributed by atoms with E-state index in [0.29, 0.717) is 16.7 Å². The number of aromatic hydroxyl groups is 1. The first-order valence-electron chi connectivity index (χ1n) is 4.32. The standard InChI is InChI=1S/C12H9NOS2/c1-13-8-11-7-9(2-4-15)6-10(3-5-16)12(11)14/h6-8,14-16H,1H3. The summed E-state index contributed by atoms with van der Waals surface area (Å²) in [5.74, 6) is 5.54. The van der Waals surface area contributed by atoms with Gasteiger partial charge in [-0.3, -0.25) is 4.99 Å². The van der Waals surface area contributed by atoms with Crippen LogP contribution in [0.5, 0.6) is 5.75 Å². The zero-order valence-electron chi connectivity index (χ0n) is 8.52. The molecule has 0 spiro atoms. The number of phenolic OH excluding ortho intramolecular Hbond substituents is 1. The molecule has 2 nitrogen and oxygen atoms in total. The number of benzene rings is 1. The maximum atomic E-state index is 9.85. The summed E-state index contributed by atoms with van der Waals surface area (Å²) in [5.41, 5.74) is 1.76. The molecule has 0 saturated heterocycles. The van der Waals surface area contributed by atoms with E-state index in [1.807, 2.05) is 0 Å². The first-order valence-corrected chi connectivity index (χ1v) is 5.21. The Labute approximate surface area is 106 Å². The predicted molar refractivity (Wildman–Crippen MR) is 73.4 cm³/mol. The lowest BCUT2D eigenvalue weighted by molar-refractivity contribution is 0.473. The van der Waals surface area contributed by atoms with Crippen LogP contribution in [0.4, 0.5) is 0 Å². The van der Waals surface area contributed by atoms with Gasteiger partial charge in [-0.05, 0) is 22.6 Å². The van der Waals surface area contributed by atoms with E-state index >= 15 is 0 Å². The molecule has 0 aliphatic carbocycles. The average molecular weight is 247 g/mol. The molecule has 1 aromatic carbocycles. The van der Waals surface area contributed by atoms with Crippen LogP contribution in [-0.4, -0.2) is 18.4 Å². The average Bonchev–Trinajstić information content (AvgIpc) is 2.26. The molecule has 0 radical (unpaired) electrons. The number of hydrogen-bond donors (Lipinski definition) is 3. The molecule has 0 atom stereocenters. The van der Waals surface area contributed by atoms with Gasteiger partial charge in [0.2, 0.25) is 0 Å². The van der Waals surface area contributed by atoms with Gasteiger partial charge >= 0.3 is 0 Å². The highest BCUT2D eigenvalue weighted by Crippen LogP contribution is 2.22. The molecule has 1 rings (SSSR count). The highest BCUT2D eigenvalue weighted by Gasteiger charge is 2.05. The number of phenols is 1. The zero-order valence-corrected chi connectivity index (χ0v) is 10.3. The fourth-order valence-corrected chi connectivity index (χ4v) is 1.44. The van der Waals surface area contributed by atoms with Crippen molar-refractivity contribution in [3.05, 3.63) is 28.8 Å². The number of nitrogens with zero attached hydrogens (tertiary/aromatic N) is 1. The third-order valence-electron chi connectivity index (χ3n) is 1.80. The Kier molecular flexibility index (Phi) is 4.85. The van der Waals surface area contributed by atoms with Crippen LogP contribution in [0.1, 0.15) is 16.7 Å². The van der Waals surface area contributed by atoms with Gasteiger partial charge < -0.3 is 5.11 Å². The van der Waals surface area contributed by atoms with Crippen LogP contribution >= 0.6 is 25.3 Å². The first-order chi connectivity index (χ1) is 7.72. The molecule has 0 aromatic heterocycles. The van der Waals surface area contributed by atoms with Gasteiger partial charge in [-0.2, -0.15) is 0 Å². The van der Waals surface area contributed by atoms with E-state index in [2.05, 4.69) is 52.6 Å². The van der Waals surface area contributed by atoms with Crippen molar-refractivity contribution in [3.63, 3.8) is 0 Å². The summed E-state index contributed by atoms with van der Waals surface area (Å²) in [4.78, 5) is 3.85. The van der Waals surface area contributed by atoms with Crippen molar-refractivity contribution in [1.29, 1.82) is 0 Å². The number of hydrogen-bond acceptors (Lipinski definition) is 4. The monoisotopic (exact) mass is 247 g/mol. The summed E-state index contributed by atoms with van der Waals surface area (Å²) < 4.78 is 0. The van der Waals surface area contributed by atoms with Crippen molar-refractivity contribution in [2.45, 2.75) is 0 Å². The number of rotatable bonds is 1. The second-order valence-corrected chi connectivity index (χ2v) is 3.27. The second kappa shape index (κ2) is 6.17. The van der Waals surface area contributed by atoms with Crippen LogP contribution in [0.25, 0.3) is 0 Å². The van der Waals surface area contributed by atoms with Crippen molar-refractivity contribution in [1.82, 2.24) is 0 Å². The first kappa shape index (κ1) is 12.6. The minimum absolute atomic E-state index is 0.0804. The Morgan fingerprint density at radius 3 is 2.50 bits per heavy atom. The lowest BCUT2D eigenvalue weighted by Crippen LogP contribution is -1.89. The molecule has 0 fully saturated rings. The lowest BCUT2D eigenvalue weighted by atomic mass is 10.1. The van der Waals surface area contributed by atoms with Gasteiger partial charge in [0.1, 0.15) is 5.75 Å². The molecular weight excluding hydrogens is 238 g/mol. The summed E-state index contributed by atoms with van der Waals surface area (Å²) >= 11 is 7.62. The molecular formula is C12H9NOS2. The minimum atomic E-state index is 0.0804. The number of thiol groups is 2. The molecule has 0 saturated carbocycles. The highest BCUT2D eigenvalue weighted by atomic mass is 32.1. The largest absolute Gasteiger partial charge is 0.506 e. The summed E-state index contributed by atoms with van der Waals surface area (Å²) in [7, 11) is 1.63. The summed E-state index contributed by atoms with van der Waals surface area (Å²) in [6.45, 7) is 0. The topological polar surface area (TPSA) is 32.6 Å². The van der Waals surface area contributed by atoms with Gasteiger partial charge in [-0.1, -0.05) is 37.1 Å². The Morgan fingerprint density at radius 2 is 1.94 bits per heavy atom. The molecule has 0 aliphatic heterocycles. The third-order valence-corrected chi connectivity index (χ3v) is 2.02. The smallest absolute Gasteiger partial charge is 0.140 e. The highest BCUT2D eigenvalue weighted by molar-refractivity contribution is 7.85. The van der Waals surface area contributed by atoms with Crippen LogP contribution < -0.4 is 0 Å². The molecule has 1 N–H and O–H groups in total. The maximum Gasteiger partial charge on any atom is 0.140 e. The third kappa shape index (κ3) is 3.00. The molecule has 0 heterocycles. The van der Waals surface area contributed by atoms with E-state index in [4.69, 9.17) is 0 Å². The summed E-state index contributed by atoms with van der Waals surface area (Å²) in [5, 5.41) is 14.8. The van der Waals surface area contributed by atoms with E-state index in [1.54, 1.807) is 25.4 Å². The molecule has 0 unspecified atom stereocenters. The van der Waals surface area contributed by atoms with Crippen LogP contribution in [0.3, 0.4) is 0 Å². The van der Waals surface area contributed by atoms with E-state index < -0.39 is 0 Å². The van der Waals surface area contributed by atoms with Gasteiger partial charge in [0.15, 0.2) is 0 Å². The molecule has 80 valence electrons. The van der Waals surface area contributed by atoms with Gasteiger partial charge in [-0.25, -0.2) is 0 Å². The van der Waals surface area contributed by atoms with Crippen molar-refractivity contribution in [2.24, 2.45) is 4.99 Å². The van der Waals surface area contributed by atoms with Crippen molar-refractivity contribution in [2.75, 3.05) is 7.05 Å². The van der Waals surface area contributed by atoms with E-state index in [0.717, 1.165) is 0 Å². The van der Waals surface area contributed by atoms with Crippen molar-refractivity contribution >= 4 is 31.5 Å². The number of aliphatic imine (C=N–C) groups is 1. The van der Waals surface area contributed by atoms with E-state index in [1.165, 1.54) is 0 Å². The van der Waals surface area contributed by atoms with Crippen LogP contribution in [0.15, 0.2) is 17.1 Å². The van der Waals surface area contributed by atoms with Crippen molar-refractivity contribution < 1.29 is 5.11 Å². The molecule has 0 aliphatic rings. The zero-order chi connectivity index (χ0) is 12.0. The summed E-state index contributed by atoms with van der Waals surface area (Å²) in [6, 6.07) is 3.39. The maximum absolute atomic E-state index is 9.85.